The molecule has 0 atom stereocenters. The zero-order valence-corrected chi connectivity index (χ0v) is 11.1. The Hall–Kier alpha value is -1.19. The van der Waals surface area contributed by atoms with Crippen LogP contribution in [-0.2, 0) is 6.42 Å². The first kappa shape index (κ1) is 12.3. The minimum absolute atomic E-state index is 0.545. The molecule has 1 aromatic heterocycles. The van der Waals surface area contributed by atoms with Gasteiger partial charge >= 0.3 is 0 Å². The highest BCUT2D eigenvalue weighted by Gasteiger charge is 2.03. The van der Waals surface area contributed by atoms with E-state index in [4.69, 9.17) is 0 Å². The van der Waals surface area contributed by atoms with E-state index in [2.05, 4.69) is 53.8 Å². The van der Waals surface area contributed by atoms with E-state index in [0.29, 0.717) is 6.04 Å². The third-order valence-electron chi connectivity index (χ3n) is 2.51. The second-order valence-corrected chi connectivity index (χ2v) is 5.29. The molecular weight excluding hydrogens is 228 g/mol. The van der Waals surface area contributed by atoms with Crippen LogP contribution >= 0.6 is 11.3 Å². The van der Waals surface area contributed by atoms with Gasteiger partial charge in [0.2, 0.25) is 0 Å². The molecule has 1 aromatic carbocycles. The van der Waals surface area contributed by atoms with Crippen LogP contribution in [0.2, 0.25) is 0 Å². The highest BCUT2D eigenvalue weighted by Crippen LogP contribution is 2.21. The molecule has 2 nitrogen and oxygen atoms in total. The first-order valence-electron chi connectivity index (χ1n) is 5.99. The van der Waals surface area contributed by atoms with Crippen LogP contribution in [0.3, 0.4) is 0 Å². The average Bonchev–Trinajstić information content (AvgIpc) is 2.78. The molecule has 0 aliphatic carbocycles. The number of rotatable bonds is 5. The normalized spacial score (nSPS) is 11.0. The van der Waals surface area contributed by atoms with Crippen LogP contribution in [0.4, 0.5) is 0 Å². The molecule has 0 aliphatic heterocycles. The molecule has 0 radical (unpaired) electrons. The lowest BCUT2D eigenvalue weighted by Crippen LogP contribution is -2.24. The maximum Gasteiger partial charge on any atom is 0.0945 e. The molecule has 0 unspecified atom stereocenters. The second-order valence-electron chi connectivity index (χ2n) is 4.35. The first-order chi connectivity index (χ1) is 8.25. The summed E-state index contributed by atoms with van der Waals surface area (Å²) < 4.78 is 0. The highest BCUT2D eigenvalue weighted by atomic mass is 32.1. The fraction of sp³-hybridized carbons (Fsp3) is 0.357. The molecule has 17 heavy (non-hydrogen) atoms. The molecule has 0 amide bonds. The molecule has 2 aromatic rings. The van der Waals surface area contributed by atoms with Crippen molar-refractivity contribution in [1.29, 1.82) is 0 Å². The standard InChI is InChI=1S/C14H18N2S/c1-11(2)15-9-8-14-16-13(10-17-14)12-6-4-3-5-7-12/h3-7,10-11,15H,8-9H2,1-2H3. The molecule has 90 valence electrons. The zero-order valence-electron chi connectivity index (χ0n) is 10.3. The van der Waals surface area contributed by atoms with E-state index in [9.17, 15) is 0 Å². The van der Waals surface area contributed by atoms with Crippen LogP contribution in [0.5, 0.6) is 0 Å². The first-order valence-corrected chi connectivity index (χ1v) is 6.87. The summed E-state index contributed by atoms with van der Waals surface area (Å²) in [4.78, 5) is 4.66. The van der Waals surface area contributed by atoms with Crippen LogP contribution in [-0.4, -0.2) is 17.6 Å². The summed E-state index contributed by atoms with van der Waals surface area (Å²) in [5.41, 5.74) is 2.29. The van der Waals surface area contributed by atoms with Gasteiger partial charge in [-0.05, 0) is 0 Å². The Morgan fingerprint density at radius 1 is 1.24 bits per heavy atom. The number of aromatic nitrogens is 1. The fourth-order valence-electron chi connectivity index (χ4n) is 1.63. The van der Waals surface area contributed by atoms with E-state index in [-0.39, 0.29) is 0 Å². The average molecular weight is 246 g/mol. The molecule has 0 fully saturated rings. The van der Waals surface area contributed by atoms with Crippen LogP contribution < -0.4 is 5.32 Å². The van der Waals surface area contributed by atoms with Gasteiger partial charge in [0.1, 0.15) is 0 Å². The number of benzene rings is 1. The number of nitrogens with one attached hydrogen (secondary N) is 1. The monoisotopic (exact) mass is 246 g/mol. The zero-order chi connectivity index (χ0) is 12.1. The van der Waals surface area contributed by atoms with Crippen molar-refractivity contribution in [2.45, 2.75) is 26.3 Å². The second kappa shape index (κ2) is 5.94. The summed E-state index contributed by atoms with van der Waals surface area (Å²) in [6, 6.07) is 10.9. The van der Waals surface area contributed by atoms with Crippen molar-refractivity contribution in [2.75, 3.05) is 6.54 Å². The minimum Gasteiger partial charge on any atom is -0.314 e. The third-order valence-corrected chi connectivity index (χ3v) is 3.42. The SMILES string of the molecule is CC(C)NCCc1nc(-c2ccccc2)cs1. The van der Waals surface area contributed by atoms with Crippen molar-refractivity contribution in [3.63, 3.8) is 0 Å². The molecule has 3 heteroatoms. The van der Waals surface area contributed by atoms with Crippen LogP contribution in [0.15, 0.2) is 35.7 Å². The van der Waals surface area contributed by atoms with Gasteiger partial charge in [0.25, 0.3) is 0 Å². The summed E-state index contributed by atoms with van der Waals surface area (Å²) in [6.07, 6.45) is 1.01. The van der Waals surface area contributed by atoms with Gasteiger partial charge in [0, 0.05) is 30.0 Å². The van der Waals surface area contributed by atoms with E-state index in [0.717, 1.165) is 18.7 Å². The Balaban J connectivity index is 1.97. The molecule has 0 bridgehead atoms. The molecule has 1 heterocycles. The van der Waals surface area contributed by atoms with Crippen LogP contribution in [0.25, 0.3) is 11.3 Å². The van der Waals surface area contributed by atoms with E-state index >= 15 is 0 Å². The van der Waals surface area contributed by atoms with Gasteiger partial charge < -0.3 is 5.32 Å². The smallest absolute Gasteiger partial charge is 0.0945 e. The van der Waals surface area contributed by atoms with Gasteiger partial charge in [-0.3, -0.25) is 0 Å². The van der Waals surface area contributed by atoms with Gasteiger partial charge in [0.15, 0.2) is 0 Å². The summed E-state index contributed by atoms with van der Waals surface area (Å²) in [5, 5.41) is 6.75. The van der Waals surface area contributed by atoms with E-state index in [1.807, 2.05) is 6.07 Å². The molecule has 0 saturated carbocycles. The Morgan fingerprint density at radius 3 is 2.71 bits per heavy atom. The van der Waals surface area contributed by atoms with Gasteiger partial charge in [-0.15, -0.1) is 11.3 Å². The molecule has 1 N–H and O–H groups in total. The quantitative estimate of drug-likeness (QED) is 0.875. The predicted octanol–water partition coefficient (Wildman–Crippen LogP) is 3.35. The number of nitrogens with zero attached hydrogens (tertiary/aromatic N) is 1. The van der Waals surface area contributed by atoms with Crippen LogP contribution in [0.1, 0.15) is 18.9 Å². The number of thiazole rings is 1. The van der Waals surface area contributed by atoms with E-state index < -0.39 is 0 Å². The molecule has 0 aliphatic rings. The van der Waals surface area contributed by atoms with Crippen molar-refractivity contribution >= 4 is 11.3 Å². The summed E-state index contributed by atoms with van der Waals surface area (Å²) in [6.45, 7) is 5.33. The Labute approximate surface area is 107 Å². The Morgan fingerprint density at radius 2 is 2.00 bits per heavy atom. The number of hydrogen-bond acceptors (Lipinski definition) is 3. The molecule has 0 saturated heterocycles. The lowest BCUT2D eigenvalue weighted by atomic mass is 10.2. The largest absolute Gasteiger partial charge is 0.314 e. The molecular formula is C14H18N2S. The Kier molecular flexibility index (Phi) is 4.29. The predicted molar refractivity (Wildman–Crippen MR) is 74.4 cm³/mol. The fourth-order valence-corrected chi connectivity index (χ4v) is 2.44. The maximum atomic E-state index is 4.66. The van der Waals surface area contributed by atoms with E-state index in [1.54, 1.807) is 11.3 Å². The molecule has 0 spiro atoms. The number of hydrogen-bond donors (Lipinski definition) is 1. The van der Waals surface area contributed by atoms with Crippen molar-refractivity contribution in [3.05, 3.63) is 40.7 Å². The maximum absolute atomic E-state index is 4.66. The minimum atomic E-state index is 0.545. The lowest BCUT2D eigenvalue weighted by Gasteiger charge is -2.05. The van der Waals surface area contributed by atoms with Crippen molar-refractivity contribution in [2.24, 2.45) is 0 Å². The van der Waals surface area contributed by atoms with E-state index in [1.165, 1.54) is 10.6 Å². The van der Waals surface area contributed by atoms with Gasteiger partial charge in [-0.25, -0.2) is 4.98 Å². The topological polar surface area (TPSA) is 24.9 Å². The summed E-state index contributed by atoms with van der Waals surface area (Å²) >= 11 is 1.74. The highest BCUT2D eigenvalue weighted by molar-refractivity contribution is 7.09. The Bertz CT molecular complexity index is 448. The van der Waals surface area contributed by atoms with Gasteiger partial charge in [-0.1, -0.05) is 44.2 Å². The van der Waals surface area contributed by atoms with Gasteiger partial charge in [-0.2, -0.15) is 0 Å². The van der Waals surface area contributed by atoms with Crippen molar-refractivity contribution in [3.8, 4) is 11.3 Å². The molecule has 2 rings (SSSR count). The third kappa shape index (κ3) is 3.65. The summed E-state index contributed by atoms with van der Waals surface area (Å²) in [7, 11) is 0. The summed E-state index contributed by atoms with van der Waals surface area (Å²) in [5.74, 6) is 0. The van der Waals surface area contributed by atoms with Crippen molar-refractivity contribution in [1.82, 2.24) is 10.3 Å². The van der Waals surface area contributed by atoms with Gasteiger partial charge in [0.05, 0.1) is 10.7 Å². The van der Waals surface area contributed by atoms with Crippen molar-refractivity contribution < 1.29 is 0 Å². The lowest BCUT2D eigenvalue weighted by molar-refractivity contribution is 0.590. The van der Waals surface area contributed by atoms with Crippen LogP contribution in [0, 0.1) is 0 Å².